The van der Waals surface area contributed by atoms with E-state index in [0.717, 1.165) is 11.1 Å². The van der Waals surface area contributed by atoms with Gasteiger partial charge in [0.25, 0.3) is 5.91 Å². The van der Waals surface area contributed by atoms with Gasteiger partial charge in [0.15, 0.2) is 0 Å². The van der Waals surface area contributed by atoms with Crippen LogP contribution >= 0.6 is 0 Å². The summed E-state index contributed by atoms with van der Waals surface area (Å²) in [5.74, 6) is -1.05. The van der Waals surface area contributed by atoms with E-state index in [1.54, 1.807) is 18.1 Å². The maximum Gasteiger partial charge on any atom is 0.315 e. The van der Waals surface area contributed by atoms with Crippen molar-refractivity contribution in [2.45, 2.75) is 0 Å². The zero-order valence-corrected chi connectivity index (χ0v) is 13.7. The molecule has 0 saturated carbocycles. The van der Waals surface area contributed by atoms with Crippen LogP contribution in [0, 0.1) is 5.92 Å². The number of benzene rings is 2. The van der Waals surface area contributed by atoms with Crippen LogP contribution in [0.1, 0.15) is 10.4 Å². The lowest BCUT2D eigenvalue weighted by Gasteiger charge is -2.16. The molecule has 2 N–H and O–H groups in total. The normalized spacial score (nSPS) is 15.8. The highest BCUT2D eigenvalue weighted by Crippen LogP contribution is 2.24. The second-order valence-electron chi connectivity index (χ2n) is 5.69. The van der Waals surface area contributed by atoms with Gasteiger partial charge in [0, 0.05) is 11.3 Å². The molecule has 0 aromatic heterocycles. The topological polar surface area (TPSA) is 83.5 Å². The number of carboxylic acid groups (broad SMARTS) is 1. The molecule has 1 unspecified atom stereocenters. The summed E-state index contributed by atoms with van der Waals surface area (Å²) in [6, 6.07) is 16.7. The Morgan fingerprint density at radius 1 is 0.962 bits per heavy atom. The molecule has 5 nitrogen and oxygen atoms in total. The number of rotatable bonds is 4. The molecule has 26 heavy (non-hydrogen) atoms. The Morgan fingerprint density at radius 3 is 2.35 bits per heavy atom. The molecule has 5 heteroatoms. The lowest BCUT2D eigenvalue weighted by molar-refractivity contribution is -0.138. The van der Waals surface area contributed by atoms with Crippen molar-refractivity contribution in [2.24, 2.45) is 5.92 Å². The van der Waals surface area contributed by atoms with E-state index in [0.29, 0.717) is 11.3 Å². The molecule has 0 bridgehead atoms. The van der Waals surface area contributed by atoms with E-state index in [-0.39, 0.29) is 11.5 Å². The maximum absolute atomic E-state index is 12.7. The van der Waals surface area contributed by atoms with Crippen molar-refractivity contribution in [1.29, 1.82) is 0 Å². The van der Waals surface area contributed by atoms with Gasteiger partial charge in [0.05, 0.1) is 5.57 Å². The smallest absolute Gasteiger partial charge is 0.315 e. The second-order valence-corrected chi connectivity index (χ2v) is 5.69. The number of aliphatic carboxylic acids is 1. The standard InChI is InChI=1S/C21H15NO4/c23-13-15-10-11-16(12-19(15)21(25)26)22-20(24)18-9-5-4-8-17(18)14-6-2-1-3-7-14/h1-12,19H,(H,22,24)(H,25,26). The van der Waals surface area contributed by atoms with Crippen LogP contribution in [0.5, 0.6) is 0 Å². The molecule has 3 rings (SSSR count). The molecule has 0 radical (unpaired) electrons. The monoisotopic (exact) mass is 345 g/mol. The predicted octanol–water partition coefficient (Wildman–Crippen LogP) is 3.00. The van der Waals surface area contributed by atoms with Crippen LogP contribution in [-0.2, 0) is 9.59 Å². The van der Waals surface area contributed by atoms with Crippen LogP contribution in [0.2, 0.25) is 0 Å². The third kappa shape index (κ3) is 3.53. The summed E-state index contributed by atoms with van der Waals surface area (Å²) in [5.41, 5.74) is 2.48. The SMILES string of the molecule is O=C=C1C=CC(NC(=O)c2ccccc2-c2ccccc2)=CC1C(=O)O. The van der Waals surface area contributed by atoms with Gasteiger partial charge < -0.3 is 10.4 Å². The minimum Gasteiger partial charge on any atom is -0.481 e. The minimum atomic E-state index is -1.18. The first kappa shape index (κ1) is 17.1. The van der Waals surface area contributed by atoms with Crippen molar-refractivity contribution in [3.63, 3.8) is 0 Å². The molecular formula is C21H15NO4. The highest BCUT2D eigenvalue weighted by molar-refractivity contribution is 6.02. The van der Waals surface area contributed by atoms with Gasteiger partial charge in [-0.1, -0.05) is 48.5 Å². The van der Waals surface area contributed by atoms with Crippen molar-refractivity contribution >= 4 is 17.8 Å². The highest BCUT2D eigenvalue weighted by Gasteiger charge is 2.24. The summed E-state index contributed by atoms with van der Waals surface area (Å²) in [6.45, 7) is 0. The molecule has 0 spiro atoms. The molecule has 128 valence electrons. The predicted molar refractivity (Wildman–Crippen MR) is 96.9 cm³/mol. The van der Waals surface area contributed by atoms with Gasteiger partial charge >= 0.3 is 5.97 Å². The Bertz CT molecular complexity index is 967. The number of hydrogen-bond acceptors (Lipinski definition) is 3. The van der Waals surface area contributed by atoms with Crippen LogP contribution < -0.4 is 5.32 Å². The Kier molecular flexibility index (Phi) is 4.92. The van der Waals surface area contributed by atoms with Crippen molar-refractivity contribution < 1.29 is 19.5 Å². The van der Waals surface area contributed by atoms with Gasteiger partial charge in [-0.2, -0.15) is 0 Å². The molecule has 0 fully saturated rings. The Hall–Kier alpha value is -3.69. The average molecular weight is 345 g/mol. The Morgan fingerprint density at radius 2 is 1.65 bits per heavy atom. The summed E-state index contributed by atoms with van der Waals surface area (Å²) < 4.78 is 0. The number of amides is 1. The zero-order chi connectivity index (χ0) is 18.5. The molecule has 0 saturated heterocycles. The lowest BCUT2D eigenvalue weighted by Crippen LogP contribution is -2.26. The number of carboxylic acids is 1. The van der Waals surface area contributed by atoms with E-state index in [1.165, 1.54) is 18.2 Å². The van der Waals surface area contributed by atoms with E-state index in [4.69, 9.17) is 0 Å². The third-order valence-corrected chi connectivity index (χ3v) is 4.02. The van der Waals surface area contributed by atoms with Crippen LogP contribution in [-0.4, -0.2) is 22.9 Å². The average Bonchev–Trinajstić information content (AvgIpc) is 2.68. The number of hydrogen-bond donors (Lipinski definition) is 2. The van der Waals surface area contributed by atoms with Gasteiger partial charge in [-0.15, -0.1) is 0 Å². The largest absolute Gasteiger partial charge is 0.481 e. The second kappa shape index (κ2) is 7.47. The Labute approximate surface area is 150 Å². The quantitative estimate of drug-likeness (QED) is 0.835. The summed E-state index contributed by atoms with van der Waals surface area (Å²) in [6.07, 6.45) is 4.17. The van der Waals surface area contributed by atoms with Gasteiger partial charge in [-0.25, -0.2) is 4.79 Å². The molecule has 1 aliphatic carbocycles. The fourth-order valence-corrected chi connectivity index (χ4v) is 2.74. The fourth-order valence-electron chi connectivity index (χ4n) is 2.74. The number of nitrogens with one attached hydrogen (secondary N) is 1. The highest BCUT2D eigenvalue weighted by atomic mass is 16.4. The van der Waals surface area contributed by atoms with E-state index in [2.05, 4.69) is 5.32 Å². The summed E-state index contributed by atoms with van der Waals surface area (Å²) in [7, 11) is 0. The molecule has 1 amide bonds. The number of allylic oxidation sites excluding steroid dienone is 2. The van der Waals surface area contributed by atoms with Crippen molar-refractivity contribution in [2.75, 3.05) is 0 Å². The molecule has 1 atom stereocenters. The summed E-state index contributed by atoms with van der Waals surface area (Å²) in [5, 5.41) is 11.9. The Balaban J connectivity index is 1.89. The number of carbonyl (C=O) groups excluding carboxylic acids is 2. The van der Waals surface area contributed by atoms with Gasteiger partial charge in [0.1, 0.15) is 11.9 Å². The zero-order valence-electron chi connectivity index (χ0n) is 13.7. The van der Waals surface area contributed by atoms with E-state index in [1.807, 2.05) is 42.5 Å². The molecule has 0 aliphatic heterocycles. The van der Waals surface area contributed by atoms with Crippen LogP contribution in [0.25, 0.3) is 11.1 Å². The van der Waals surface area contributed by atoms with Crippen molar-refractivity contribution in [3.05, 3.63) is 89.7 Å². The third-order valence-electron chi connectivity index (χ3n) is 4.02. The lowest BCUT2D eigenvalue weighted by atomic mass is 9.94. The van der Waals surface area contributed by atoms with Crippen LogP contribution in [0.4, 0.5) is 0 Å². The van der Waals surface area contributed by atoms with E-state index in [9.17, 15) is 19.5 Å². The summed E-state index contributed by atoms with van der Waals surface area (Å²) in [4.78, 5) is 34.8. The van der Waals surface area contributed by atoms with E-state index < -0.39 is 11.9 Å². The van der Waals surface area contributed by atoms with Gasteiger partial charge in [-0.05, 0) is 35.4 Å². The summed E-state index contributed by atoms with van der Waals surface area (Å²) >= 11 is 0. The first-order valence-electron chi connectivity index (χ1n) is 7.93. The van der Waals surface area contributed by atoms with Crippen LogP contribution in [0.3, 0.4) is 0 Å². The molecule has 2 aromatic carbocycles. The maximum atomic E-state index is 12.7. The molecule has 0 heterocycles. The minimum absolute atomic E-state index is 0.0141. The van der Waals surface area contributed by atoms with Crippen LogP contribution in [0.15, 0.2) is 84.1 Å². The van der Waals surface area contributed by atoms with Crippen molar-refractivity contribution in [3.8, 4) is 11.1 Å². The fraction of sp³-hybridized carbons (Fsp3) is 0.0476. The first-order valence-corrected chi connectivity index (χ1v) is 7.93. The first-order chi connectivity index (χ1) is 12.6. The molecular weight excluding hydrogens is 330 g/mol. The van der Waals surface area contributed by atoms with Gasteiger partial charge in [0.2, 0.25) is 0 Å². The molecule has 1 aliphatic rings. The molecule has 2 aromatic rings. The number of carbonyl (C=O) groups is 2. The van der Waals surface area contributed by atoms with Gasteiger partial charge in [-0.3, -0.25) is 9.59 Å². The van der Waals surface area contributed by atoms with E-state index >= 15 is 0 Å². The van der Waals surface area contributed by atoms with Crippen molar-refractivity contribution in [1.82, 2.24) is 5.32 Å².